The lowest BCUT2D eigenvalue weighted by atomic mass is 10.2. The predicted octanol–water partition coefficient (Wildman–Crippen LogP) is 0.517. The lowest BCUT2D eigenvalue weighted by molar-refractivity contribution is 0.108. The van der Waals surface area contributed by atoms with Gasteiger partial charge in [-0.2, -0.15) is 5.26 Å². The van der Waals surface area contributed by atoms with Gasteiger partial charge in [-0.25, -0.2) is 0 Å². The van der Waals surface area contributed by atoms with Gasteiger partial charge in [0.2, 0.25) is 0 Å². The Morgan fingerprint density at radius 1 is 1.60 bits per heavy atom. The lowest BCUT2D eigenvalue weighted by Gasteiger charge is -2.11. The molecule has 0 fully saturated rings. The average molecular weight is 206 g/mol. The molecule has 1 aromatic rings. The second-order valence-corrected chi connectivity index (χ2v) is 3.16. The van der Waals surface area contributed by atoms with Gasteiger partial charge >= 0.3 is 0 Å². The van der Waals surface area contributed by atoms with E-state index in [0.29, 0.717) is 17.9 Å². The van der Waals surface area contributed by atoms with Crippen LogP contribution in [-0.2, 0) is 0 Å². The average Bonchev–Trinajstić information content (AvgIpc) is 2.27. The Morgan fingerprint density at radius 3 is 3.07 bits per heavy atom. The first kappa shape index (κ1) is 11.5. The Hall–Kier alpha value is -1.57. The summed E-state index contributed by atoms with van der Waals surface area (Å²) in [4.78, 5) is 0. The van der Waals surface area contributed by atoms with Crippen LogP contribution in [0.3, 0.4) is 0 Å². The smallest absolute Gasteiger partial charge is 0.120 e. The first-order chi connectivity index (χ1) is 7.26. The summed E-state index contributed by atoms with van der Waals surface area (Å²) < 4.78 is 5.32. The van der Waals surface area contributed by atoms with Gasteiger partial charge in [0, 0.05) is 6.54 Å². The first-order valence-corrected chi connectivity index (χ1v) is 4.72. The molecule has 0 radical (unpaired) electrons. The van der Waals surface area contributed by atoms with E-state index < -0.39 is 6.10 Å². The van der Waals surface area contributed by atoms with Crippen molar-refractivity contribution in [3.8, 4) is 11.8 Å². The van der Waals surface area contributed by atoms with Gasteiger partial charge in [0.05, 0.1) is 11.6 Å². The van der Waals surface area contributed by atoms with E-state index in [4.69, 9.17) is 10.00 Å². The second-order valence-electron chi connectivity index (χ2n) is 3.16. The molecule has 0 bridgehead atoms. The van der Waals surface area contributed by atoms with Gasteiger partial charge in [-0.15, -0.1) is 0 Å². The third-order valence-corrected chi connectivity index (χ3v) is 1.85. The second kappa shape index (κ2) is 6.02. The van der Waals surface area contributed by atoms with E-state index in [0.717, 1.165) is 0 Å². The molecular formula is C11H14N2O2. The number of nitrogens with one attached hydrogen (secondary N) is 1. The Kier molecular flexibility index (Phi) is 4.61. The van der Waals surface area contributed by atoms with Crippen LogP contribution in [0.4, 0.5) is 0 Å². The number of aliphatic hydroxyl groups is 1. The summed E-state index contributed by atoms with van der Waals surface area (Å²) in [5.74, 6) is 0.601. The number of nitriles is 1. The minimum absolute atomic E-state index is 0.218. The maximum Gasteiger partial charge on any atom is 0.120 e. The van der Waals surface area contributed by atoms with Crippen molar-refractivity contribution in [2.45, 2.75) is 6.10 Å². The molecule has 4 heteroatoms. The van der Waals surface area contributed by atoms with Gasteiger partial charge < -0.3 is 15.2 Å². The molecule has 1 aromatic carbocycles. The summed E-state index contributed by atoms with van der Waals surface area (Å²) in [5.41, 5.74) is 0.551. The van der Waals surface area contributed by atoms with Crippen molar-refractivity contribution in [2.75, 3.05) is 20.2 Å². The van der Waals surface area contributed by atoms with Crippen molar-refractivity contribution in [2.24, 2.45) is 0 Å². The summed E-state index contributed by atoms with van der Waals surface area (Å²) in [6.07, 6.45) is -0.541. The summed E-state index contributed by atoms with van der Waals surface area (Å²) in [5, 5.41) is 20.9. The number of rotatable bonds is 5. The molecule has 2 N–H and O–H groups in total. The number of hydrogen-bond donors (Lipinski definition) is 2. The van der Waals surface area contributed by atoms with Crippen LogP contribution < -0.4 is 10.1 Å². The van der Waals surface area contributed by atoms with Gasteiger partial charge in [-0.3, -0.25) is 0 Å². The van der Waals surface area contributed by atoms with E-state index in [9.17, 15) is 5.11 Å². The van der Waals surface area contributed by atoms with Gasteiger partial charge in [0.15, 0.2) is 0 Å². The number of benzene rings is 1. The highest BCUT2D eigenvalue weighted by atomic mass is 16.5. The maximum absolute atomic E-state index is 9.38. The monoisotopic (exact) mass is 206 g/mol. The quantitative estimate of drug-likeness (QED) is 0.737. The fraction of sp³-hybridized carbons (Fsp3) is 0.364. The van der Waals surface area contributed by atoms with Crippen LogP contribution in [0.15, 0.2) is 24.3 Å². The molecule has 15 heavy (non-hydrogen) atoms. The molecule has 0 aliphatic carbocycles. The molecule has 0 spiro atoms. The van der Waals surface area contributed by atoms with Gasteiger partial charge in [0.25, 0.3) is 0 Å². The standard InChI is InChI=1S/C11H14N2O2/c1-13-7-10(14)8-15-11-4-2-3-9(5-11)6-12/h2-5,10,13-14H,7-8H2,1H3. The van der Waals surface area contributed by atoms with Crippen molar-refractivity contribution >= 4 is 0 Å². The van der Waals surface area contributed by atoms with Gasteiger partial charge in [0.1, 0.15) is 18.5 Å². The Labute approximate surface area is 89.1 Å². The third-order valence-electron chi connectivity index (χ3n) is 1.85. The number of likely N-dealkylation sites (N-methyl/N-ethyl adjacent to an activating group) is 1. The van der Waals surface area contributed by atoms with Crippen molar-refractivity contribution < 1.29 is 9.84 Å². The molecule has 0 amide bonds. The normalized spacial score (nSPS) is 11.8. The van der Waals surface area contributed by atoms with E-state index >= 15 is 0 Å². The summed E-state index contributed by atoms with van der Waals surface area (Å²) in [6.45, 7) is 0.702. The van der Waals surface area contributed by atoms with Crippen LogP contribution in [-0.4, -0.2) is 31.4 Å². The predicted molar refractivity (Wildman–Crippen MR) is 56.6 cm³/mol. The van der Waals surface area contributed by atoms with Gasteiger partial charge in [-0.05, 0) is 25.2 Å². The van der Waals surface area contributed by atoms with Crippen molar-refractivity contribution in [3.63, 3.8) is 0 Å². The van der Waals surface area contributed by atoms with E-state index in [1.165, 1.54) is 0 Å². The molecule has 0 saturated heterocycles. The van der Waals surface area contributed by atoms with Crippen LogP contribution in [0, 0.1) is 11.3 Å². The SMILES string of the molecule is CNCC(O)COc1cccc(C#N)c1. The Balaban J connectivity index is 2.47. The molecule has 80 valence electrons. The minimum atomic E-state index is -0.541. The molecule has 0 aromatic heterocycles. The van der Waals surface area contributed by atoms with Crippen LogP contribution in [0.2, 0.25) is 0 Å². The zero-order valence-corrected chi connectivity index (χ0v) is 8.60. The Morgan fingerprint density at radius 2 is 2.40 bits per heavy atom. The van der Waals surface area contributed by atoms with E-state index in [2.05, 4.69) is 5.32 Å². The molecule has 1 atom stereocenters. The molecule has 0 saturated carbocycles. The van der Waals surface area contributed by atoms with Crippen molar-refractivity contribution in [1.29, 1.82) is 5.26 Å². The number of nitrogens with zero attached hydrogens (tertiary/aromatic N) is 1. The summed E-state index contributed by atoms with van der Waals surface area (Å²) in [6, 6.07) is 8.88. The molecule has 1 unspecified atom stereocenters. The molecule has 0 aliphatic rings. The Bertz CT molecular complexity index is 347. The van der Waals surface area contributed by atoms with E-state index in [1.54, 1.807) is 31.3 Å². The van der Waals surface area contributed by atoms with E-state index in [-0.39, 0.29) is 6.61 Å². The third kappa shape index (κ3) is 3.98. The van der Waals surface area contributed by atoms with E-state index in [1.807, 2.05) is 6.07 Å². The van der Waals surface area contributed by atoms with Crippen molar-refractivity contribution in [1.82, 2.24) is 5.32 Å². The highest BCUT2D eigenvalue weighted by molar-refractivity contribution is 5.36. The zero-order valence-electron chi connectivity index (χ0n) is 8.60. The van der Waals surface area contributed by atoms with Crippen LogP contribution >= 0.6 is 0 Å². The first-order valence-electron chi connectivity index (χ1n) is 4.72. The molecule has 0 aliphatic heterocycles. The number of ether oxygens (including phenoxy) is 1. The summed E-state index contributed by atoms with van der Waals surface area (Å²) >= 11 is 0. The summed E-state index contributed by atoms with van der Waals surface area (Å²) in [7, 11) is 1.76. The largest absolute Gasteiger partial charge is 0.491 e. The topological polar surface area (TPSA) is 65.3 Å². The highest BCUT2D eigenvalue weighted by Crippen LogP contribution is 2.12. The highest BCUT2D eigenvalue weighted by Gasteiger charge is 2.03. The van der Waals surface area contributed by atoms with Crippen molar-refractivity contribution in [3.05, 3.63) is 29.8 Å². The zero-order chi connectivity index (χ0) is 11.1. The fourth-order valence-electron chi connectivity index (χ4n) is 1.14. The lowest BCUT2D eigenvalue weighted by Crippen LogP contribution is -2.29. The molecule has 1 rings (SSSR count). The number of hydrogen-bond acceptors (Lipinski definition) is 4. The van der Waals surface area contributed by atoms with Crippen LogP contribution in [0.1, 0.15) is 5.56 Å². The van der Waals surface area contributed by atoms with Gasteiger partial charge in [-0.1, -0.05) is 6.07 Å². The molecular weight excluding hydrogens is 192 g/mol. The minimum Gasteiger partial charge on any atom is -0.491 e. The van der Waals surface area contributed by atoms with Crippen LogP contribution in [0.25, 0.3) is 0 Å². The molecule has 0 heterocycles. The maximum atomic E-state index is 9.38. The molecule has 4 nitrogen and oxygen atoms in total. The van der Waals surface area contributed by atoms with Crippen LogP contribution in [0.5, 0.6) is 5.75 Å². The fourth-order valence-corrected chi connectivity index (χ4v) is 1.14. The number of aliphatic hydroxyl groups excluding tert-OH is 1.